The molecule has 1 saturated carbocycles. The Bertz CT molecular complexity index is 401. The van der Waals surface area contributed by atoms with Crippen molar-refractivity contribution in [3.8, 4) is 0 Å². The van der Waals surface area contributed by atoms with E-state index in [9.17, 15) is 9.18 Å². The predicted molar refractivity (Wildman–Crippen MR) is 55.0 cm³/mol. The van der Waals surface area contributed by atoms with Crippen LogP contribution in [-0.4, -0.2) is 11.9 Å². The number of fused-ring (bicyclic) bond motifs is 1. The van der Waals surface area contributed by atoms with Crippen LogP contribution < -0.4 is 4.90 Å². The Balaban J connectivity index is 1.89. The van der Waals surface area contributed by atoms with Crippen molar-refractivity contribution in [3.05, 3.63) is 30.1 Å². The monoisotopic (exact) mass is 205 g/mol. The maximum Gasteiger partial charge on any atom is 0.232 e. The van der Waals surface area contributed by atoms with E-state index < -0.39 is 0 Å². The van der Waals surface area contributed by atoms with Gasteiger partial charge in [-0.25, -0.2) is 4.39 Å². The van der Waals surface area contributed by atoms with Crippen molar-refractivity contribution >= 4 is 11.6 Å². The highest BCUT2D eigenvalue weighted by Crippen LogP contribution is 2.42. The smallest absolute Gasteiger partial charge is 0.232 e. The molecule has 0 bridgehead atoms. The van der Waals surface area contributed by atoms with Gasteiger partial charge < -0.3 is 4.90 Å². The molecule has 1 aromatic rings. The highest BCUT2D eigenvalue weighted by atomic mass is 19.1. The van der Waals surface area contributed by atoms with Crippen LogP contribution in [0.3, 0.4) is 0 Å². The molecule has 3 heteroatoms. The quantitative estimate of drug-likeness (QED) is 0.644. The first-order valence-electron chi connectivity index (χ1n) is 5.36. The Labute approximate surface area is 87.7 Å². The van der Waals surface area contributed by atoms with Gasteiger partial charge in [0.1, 0.15) is 5.82 Å². The van der Waals surface area contributed by atoms with Gasteiger partial charge in [0.2, 0.25) is 5.91 Å². The number of hydrogen-bond acceptors (Lipinski definition) is 1. The zero-order chi connectivity index (χ0) is 10.4. The van der Waals surface area contributed by atoms with E-state index in [0.717, 1.165) is 24.9 Å². The Hall–Kier alpha value is -1.38. The van der Waals surface area contributed by atoms with Crippen molar-refractivity contribution in [2.24, 2.45) is 5.92 Å². The predicted octanol–water partition coefficient (Wildman–Crippen LogP) is 2.34. The molecule has 1 amide bonds. The average Bonchev–Trinajstić information content (AvgIpc) is 2.65. The molecule has 0 spiro atoms. The minimum Gasteiger partial charge on any atom is -0.308 e. The normalized spacial score (nSPS) is 28.9. The second kappa shape index (κ2) is 3.05. The Morgan fingerprint density at radius 2 is 1.93 bits per heavy atom. The molecule has 2 fully saturated rings. The van der Waals surface area contributed by atoms with Crippen LogP contribution in [0, 0.1) is 11.7 Å². The number of carbonyl (C=O) groups is 1. The van der Waals surface area contributed by atoms with Crippen LogP contribution in [0.2, 0.25) is 0 Å². The minimum atomic E-state index is -0.255. The maximum atomic E-state index is 12.7. The van der Waals surface area contributed by atoms with E-state index in [4.69, 9.17) is 0 Å². The third-order valence-electron chi connectivity index (χ3n) is 3.47. The number of β-lactam (4-membered cyclic amide) rings is 1. The van der Waals surface area contributed by atoms with Gasteiger partial charge in [0.05, 0.1) is 5.92 Å². The first-order valence-corrected chi connectivity index (χ1v) is 5.36. The lowest BCUT2D eigenvalue weighted by atomic mass is 9.90. The van der Waals surface area contributed by atoms with Crippen LogP contribution in [0.15, 0.2) is 24.3 Å². The van der Waals surface area contributed by atoms with Crippen molar-refractivity contribution in [1.82, 2.24) is 0 Å². The van der Waals surface area contributed by atoms with Gasteiger partial charge in [-0.05, 0) is 37.1 Å². The largest absolute Gasteiger partial charge is 0.308 e. The van der Waals surface area contributed by atoms with Gasteiger partial charge in [-0.1, -0.05) is 6.42 Å². The third kappa shape index (κ3) is 1.19. The van der Waals surface area contributed by atoms with Crippen LogP contribution in [0.1, 0.15) is 19.3 Å². The summed E-state index contributed by atoms with van der Waals surface area (Å²) < 4.78 is 12.7. The van der Waals surface area contributed by atoms with Crippen molar-refractivity contribution in [3.63, 3.8) is 0 Å². The number of benzene rings is 1. The standard InChI is InChI=1S/C12H12FNO/c13-8-4-6-9(7-5-8)14-11-3-1-2-10(11)12(14)15/h4-7,10-11H,1-3H2/t10-,11+/m1/s1. The lowest BCUT2D eigenvalue weighted by molar-refractivity contribution is -0.128. The number of halogens is 1. The lowest BCUT2D eigenvalue weighted by Crippen LogP contribution is -2.58. The summed E-state index contributed by atoms with van der Waals surface area (Å²) in [5, 5.41) is 0. The van der Waals surface area contributed by atoms with Crippen molar-refractivity contribution in [2.75, 3.05) is 4.90 Å². The van der Waals surface area contributed by atoms with Crippen molar-refractivity contribution < 1.29 is 9.18 Å². The molecule has 1 aromatic carbocycles. The molecule has 2 nitrogen and oxygen atoms in total. The summed E-state index contributed by atoms with van der Waals surface area (Å²) >= 11 is 0. The van der Waals surface area contributed by atoms with Gasteiger partial charge in [-0.15, -0.1) is 0 Å². The van der Waals surface area contributed by atoms with Crippen molar-refractivity contribution in [2.45, 2.75) is 25.3 Å². The highest BCUT2D eigenvalue weighted by molar-refractivity contribution is 6.03. The number of rotatable bonds is 1. The summed E-state index contributed by atoms with van der Waals surface area (Å²) in [6, 6.07) is 6.56. The maximum absolute atomic E-state index is 12.7. The number of carbonyl (C=O) groups excluding carboxylic acids is 1. The second-order valence-corrected chi connectivity index (χ2v) is 4.29. The molecular formula is C12H12FNO. The summed E-state index contributed by atoms with van der Waals surface area (Å²) in [7, 11) is 0. The highest BCUT2D eigenvalue weighted by Gasteiger charge is 2.50. The van der Waals surface area contributed by atoms with Gasteiger partial charge in [0.15, 0.2) is 0 Å². The SMILES string of the molecule is O=C1[C@@H]2CCC[C@@H]2N1c1ccc(F)cc1. The zero-order valence-electron chi connectivity index (χ0n) is 8.32. The van der Waals surface area contributed by atoms with E-state index in [2.05, 4.69) is 0 Å². The first-order chi connectivity index (χ1) is 7.27. The van der Waals surface area contributed by atoms with E-state index in [1.807, 2.05) is 4.90 Å². The molecule has 1 aliphatic carbocycles. The minimum absolute atomic E-state index is 0.212. The van der Waals surface area contributed by atoms with Crippen LogP contribution in [0.25, 0.3) is 0 Å². The lowest BCUT2D eigenvalue weighted by Gasteiger charge is -2.43. The molecule has 1 saturated heterocycles. The molecule has 15 heavy (non-hydrogen) atoms. The number of amides is 1. The molecule has 1 aliphatic heterocycles. The van der Waals surface area contributed by atoms with Gasteiger partial charge in [0, 0.05) is 11.7 Å². The van der Waals surface area contributed by atoms with E-state index >= 15 is 0 Å². The van der Waals surface area contributed by atoms with E-state index in [1.165, 1.54) is 12.1 Å². The first kappa shape index (κ1) is 8.89. The summed E-state index contributed by atoms with van der Waals surface area (Å²) in [5.41, 5.74) is 0.838. The van der Waals surface area contributed by atoms with Crippen LogP contribution >= 0.6 is 0 Å². The van der Waals surface area contributed by atoms with E-state index in [-0.39, 0.29) is 17.6 Å². The molecule has 78 valence electrons. The molecule has 2 aliphatic rings. The average molecular weight is 205 g/mol. The summed E-state index contributed by atoms with van der Waals surface area (Å²) in [6.07, 6.45) is 3.26. The Kier molecular flexibility index (Phi) is 1.81. The fraction of sp³-hybridized carbons (Fsp3) is 0.417. The Morgan fingerprint density at radius 1 is 1.20 bits per heavy atom. The fourth-order valence-corrected chi connectivity index (χ4v) is 2.72. The second-order valence-electron chi connectivity index (χ2n) is 4.29. The molecule has 0 aromatic heterocycles. The zero-order valence-corrected chi connectivity index (χ0v) is 8.32. The van der Waals surface area contributed by atoms with Gasteiger partial charge in [-0.2, -0.15) is 0 Å². The summed E-state index contributed by atoms with van der Waals surface area (Å²) in [4.78, 5) is 13.6. The molecule has 0 radical (unpaired) electrons. The van der Waals surface area contributed by atoms with Gasteiger partial charge in [-0.3, -0.25) is 4.79 Å². The number of nitrogens with zero attached hydrogens (tertiary/aromatic N) is 1. The van der Waals surface area contributed by atoms with Crippen molar-refractivity contribution in [1.29, 1.82) is 0 Å². The van der Waals surface area contributed by atoms with Gasteiger partial charge in [0.25, 0.3) is 0 Å². The molecule has 1 heterocycles. The third-order valence-corrected chi connectivity index (χ3v) is 3.47. The molecule has 0 N–H and O–H groups in total. The van der Waals surface area contributed by atoms with Crippen LogP contribution in [0.4, 0.5) is 10.1 Å². The van der Waals surface area contributed by atoms with E-state index in [1.54, 1.807) is 12.1 Å². The fourth-order valence-electron chi connectivity index (χ4n) is 2.72. The van der Waals surface area contributed by atoms with Crippen LogP contribution in [0.5, 0.6) is 0 Å². The molecule has 2 atom stereocenters. The van der Waals surface area contributed by atoms with E-state index in [0.29, 0.717) is 6.04 Å². The summed E-state index contributed by atoms with van der Waals surface area (Å²) in [5.74, 6) is 0.203. The van der Waals surface area contributed by atoms with Gasteiger partial charge >= 0.3 is 0 Å². The number of anilines is 1. The topological polar surface area (TPSA) is 20.3 Å². The molecular weight excluding hydrogens is 193 g/mol. The van der Waals surface area contributed by atoms with Crippen LogP contribution in [-0.2, 0) is 4.79 Å². The number of hydrogen-bond donors (Lipinski definition) is 0. The molecule has 0 unspecified atom stereocenters. The Morgan fingerprint density at radius 3 is 2.67 bits per heavy atom. The summed E-state index contributed by atoms with van der Waals surface area (Å²) in [6.45, 7) is 0. The molecule has 3 rings (SSSR count).